The highest BCUT2D eigenvalue weighted by atomic mass is 35.5. The smallest absolute Gasteiger partial charge is 0.125 e. The van der Waals surface area contributed by atoms with Gasteiger partial charge in [-0.1, -0.05) is 36.9 Å². The third kappa shape index (κ3) is 3.17. The summed E-state index contributed by atoms with van der Waals surface area (Å²) in [5.74, 6) is 0.0638. The van der Waals surface area contributed by atoms with Crippen LogP contribution in [0.1, 0.15) is 37.7 Å². The van der Waals surface area contributed by atoms with Crippen molar-refractivity contribution in [3.05, 3.63) is 28.8 Å². The van der Waals surface area contributed by atoms with E-state index in [1.54, 1.807) is 6.07 Å². The van der Waals surface area contributed by atoms with Gasteiger partial charge < -0.3 is 5.73 Å². The van der Waals surface area contributed by atoms with Crippen molar-refractivity contribution in [1.29, 1.82) is 5.41 Å². The molecular formula is C13H17ClN2S. The summed E-state index contributed by atoms with van der Waals surface area (Å²) < 4.78 is 0. The Morgan fingerprint density at radius 3 is 2.65 bits per heavy atom. The molecule has 1 aromatic carbocycles. The van der Waals surface area contributed by atoms with Gasteiger partial charge in [-0.3, -0.25) is 5.41 Å². The zero-order valence-corrected chi connectivity index (χ0v) is 11.3. The molecule has 1 aliphatic rings. The Morgan fingerprint density at radius 2 is 2.00 bits per heavy atom. The molecule has 4 heteroatoms. The summed E-state index contributed by atoms with van der Waals surface area (Å²) in [5.41, 5.74) is 6.30. The predicted octanol–water partition coefficient (Wildman–Crippen LogP) is 4.05. The summed E-state index contributed by atoms with van der Waals surface area (Å²) in [7, 11) is 0. The van der Waals surface area contributed by atoms with Crippen LogP contribution >= 0.6 is 23.4 Å². The minimum atomic E-state index is 0.0638. The molecule has 0 radical (unpaired) electrons. The van der Waals surface area contributed by atoms with Crippen LogP contribution in [-0.2, 0) is 0 Å². The Hall–Kier alpha value is -0.670. The second kappa shape index (κ2) is 5.78. The first-order chi connectivity index (χ1) is 8.18. The normalized spacial score (nSPS) is 17.0. The van der Waals surface area contributed by atoms with Crippen LogP contribution in [0, 0.1) is 5.41 Å². The summed E-state index contributed by atoms with van der Waals surface area (Å²) >= 11 is 7.94. The average molecular weight is 269 g/mol. The minimum Gasteiger partial charge on any atom is -0.384 e. The molecule has 0 unspecified atom stereocenters. The molecule has 0 amide bonds. The fraction of sp³-hybridized carbons (Fsp3) is 0.462. The number of rotatable bonds is 3. The van der Waals surface area contributed by atoms with Crippen LogP contribution in [-0.4, -0.2) is 11.1 Å². The van der Waals surface area contributed by atoms with E-state index in [9.17, 15) is 0 Å². The van der Waals surface area contributed by atoms with Crippen molar-refractivity contribution in [2.75, 3.05) is 0 Å². The van der Waals surface area contributed by atoms with Crippen LogP contribution in [0.5, 0.6) is 0 Å². The molecule has 2 nitrogen and oxygen atoms in total. The molecule has 3 N–H and O–H groups in total. The van der Waals surface area contributed by atoms with Crippen LogP contribution in [0.15, 0.2) is 23.1 Å². The second-order valence-electron chi connectivity index (χ2n) is 4.40. The van der Waals surface area contributed by atoms with Crippen LogP contribution in [0.25, 0.3) is 0 Å². The first-order valence-corrected chi connectivity index (χ1v) is 7.24. The molecule has 17 heavy (non-hydrogen) atoms. The maximum atomic E-state index is 7.61. The highest BCUT2D eigenvalue weighted by Crippen LogP contribution is 2.36. The van der Waals surface area contributed by atoms with E-state index < -0.39 is 0 Å². The fourth-order valence-electron chi connectivity index (χ4n) is 2.23. The van der Waals surface area contributed by atoms with Crippen molar-refractivity contribution in [2.45, 2.75) is 42.2 Å². The van der Waals surface area contributed by atoms with E-state index >= 15 is 0 Å². The molecule has 0 heterocycles. The number of hydrogen-bond acceptors (Lipinski definition) is 2. The quantitative estimate of drug-likeness (QED) is 0.642. The molecule has 0 aliphatic heterocycles. The number of hydrogen-bond donors (Lipinski definition) is 2. The molecule has 1 aliphatic carbocycles. The average Bonchev–Trinajstić information content (AvgIpc) is 2.30. The van der Waals surface area contributed by atoms with Gasteiger partial charge in [0.05, 0.1) is 5.02 Å². The maximum Gasteiger partial charge on any atom is 0.125 e. The Kier molecular flexibility index (Phi) is 4.35. The number of nitrogen functional groups attached to an aromatic ring is 1. The summed E-state index contributed by atoms with van der Waals surface area (Å²) in [5, 5.41) is 8.85. The fourth-order valence-corrected chi connectivity index (χ4v) is 3.98. The maximum absolute atomic E-state index is 7.61. The third-order valence-corrected chi connectivity index (χ3v) is 4.80. The van der Waals surface area contributed by atoms with Gasteiger partial charge in [0.1, 0.15) is 5.84 Å². The van der Waals surface area contributed by atoms with E-state index in [-0.39, 0.29) is 5.84 Å². The minimum absolute atomic E-state index is 0.0638. The van der Waals surface area contributed by atoms with Crippen LogP contribution in [0.2, 0.25) is 5.02 Å². The molecule has 0 bridgehead atoms. The number of benzene rings is 1. The largest absolute Gasteiger partial charge is 0.384 e. The second-order valence-corrected chi connectivity index (χ2v) is 6.15. The molecular weight excluding hydrogens is 252 g/mol. The number of halogens is 1. The van der Waals surface area contributed by atoms with Gasteiger partial charge in [-0.25, -0.2) is 0 Å². The highest BCUT2D eigenvalue weighted by Gasteiger charge is 2.18. The van der Waals surface area contributed by atoms with Crippen LogP contribution < -0.4 is 5.73 Å². The predicted molar refractivity (Wildman–Crippen MR) is 75.2 cm³/mol. The summed E-state index contributed by atoms with van der Waals surface area (Å²) in [6.07, 6.45) is 6.50. The first-order valence-electron chi connectivity index (χ1n) is 5.98. The molecule has 0 spiro atoms. The van der Waals surface area contributed by atoms with E-state index in [2.05, 4.69) is 0 Å². The topological polar surface area (TPSA) is 49.9 Å². The summed E-state index contributed by atoms with van der Waals surface area (Å²) in [4.78, 5) is 1.05. The lowest BCUT2D eigenvalue weighted by molar-refractivity contribution is 0.516. The van der Waals surface area contributed by atoms with E-state index in [0.29, 0.717) is 15.8 Å². The molecule has 2 rings (SSSR count). The van der Waals surface area contributed by atoms with Gasteiger partial charge in [0, 0.05) is 15.7 Å². The Labute approximate surface area is 111 Å². The highest BCUT2D eigenvalue weighted by molar-refractivity contribution is 8.00. The molecule has 1 fully saturated rings. The van der Waals surface area contributed by atoms with E-state index in [1.165, 1.54) is 32.1 Å². The van der Waals surface area contributed by atoms with Crippen molar-refractivity contribution in [1.82, 2.24) is 0 Å². The van der Waals surface area contributed by atoms with E-state index in [4.69, 9.17) is 22.7 Å². The lowest BCUT2D eigenvalue weighted by atomic mass is 10.0. The Morgan fingerprint density at radius 1 is 1.29 bits per heavy atom. The van der Waals surface area contributed by atoms with Crippen LogP contribution in [0.4, 0.5) is 0 Å². The van der Waals surface area contributed by atoms with Gasteiger partial charge in [-0.15, -0.1) is 11.8 Å². The van der Waals surface area contributed by atoms with Gasteiger partial charge in [0.15, 0.2) is 0 Å². The Balaban J connectivity index is 2.19. The molecule has 0 atom stereocenters. The lowest BCUT2D eigenvalue weighted by Gasteiger charge is -2.22. The monoisotopic (exact) mass is 268 g/mol. The number of thioether (sulfide) groups is 1. The van der Waals surface area contributed by atoms with Crippen LogP contribution in [0.3, 0.4) is 0 Å². The molecule has 0 saturated heterocycles. The van der Waals surface area contributed by atoms with E-state index in [0.717, 1.165) is 4.90 Å². The third-order valence-electron chi connectivity index (χ3n) is 3.09. The zero-order chi connectivity index (χ0) is 12.3. The number of nitrogens with one attached hydrogen (secondary N) is 1. The number of nitrogens with two attached hydrogens (primary N) is 1. The van der Waals surface area contributed by atoms with Gasteiger partial charge in [-0.2, -0.15) is 0 Å². The van der Waals surface area contributed by atoms with Gasteiger partial charge in [0.2, 0.25) is 0 Å². The van der Waals surface area contributed by atoms with Crippen molar-refractivity contribution in [3.8, 4) is 0 Å². The van der Waals surface area contributed by atoms with Crippen molar-refractivity contribution in [3.63, 3.8) is 0 Å². The van der Waals surface area contributed by atoms with Crippen molar-refractivity contribution in [2.24, 2.45) is 5.73 Å². The molecule has 1 aromatic rings. The zero-order valence-electron chi connectivity index (χ0n) is 9.71. The standard InChI is InChI=1S/C13H17ClN2S/c14-10-7-4-8-11(12(10)13(15)16)17-9-5-2-1-3-6-9/h4,7-9H,1-3,5-6H2,(H3,15,16). The molecule has 0 aromatic heterocycles. The van der Waals surface area contributed by atoms with Gasteiger partial charge >= 0.3 is 0 Å². The van der Waals surface area contributed by atoms with Crippen molar-refractivity contribution < 1.29 is 0 Å². The van der Waals surface area contributed by atoms with Gasteiger partial charge in [0.25, 0.3) is 0 Å². The SMILES string of the molecule is N=C(N)c1c(Cl)cccc1SC1CCCCC1. The first kappa shape index (κ1) is 12.8. The summed E-state index contributed by atoms with van der Waals surface area (Å²) in [6, 6.07) is 5.74. The lowest BCUT2D eigenvalue weighted by Crippen LogP contribution is -2.15. The van der Waals surface area contributed by atoms with E-state index in [1.807, 2.05) is 23.9 Å². The number of amidine groups is 1. The Bertz CT molecular complexity index is 414. The summed E-state index contributed by atoms with van der Waals surface area (Å²) in [6.45, 7) is 0. The van der Waals surface area contributed by atoms with Crippen molar-refractivity contribution >= 4 is 29.2 Å². The molecule has 1 saturated carbocycles. The van der Waals surface area contributed by atoms with Gasteiger partial charge in [-0.05, 0) is 25.0 Å². The molecule has 92 valence electrons.